The maximum atomic E-state index is 11.1. The zero-order valence-corrected chi connectivity index (χ0v) is 7.36. The summed E-state index contributed by atoms with van der Waals surface area (Å²) >= 11 is 0. The molecule has 1 atom stereocenters. The number of carbonyl (C=O) groups is 2. The molecule has 1 unspecified atom stereocenters. The fourth-order valence-corrected chi connectivity index (χ4v) is 1.13. The van der Waals surface area contributed by atoms with Crippen molar-refractivity contribution in [1.82, 2.24) is 4.90 Å². The molecule has 0 aromatic heterocycles. The van der Waals surface area contributed by atoms with E-state index in [1.807, 2.05) is 0 Å². The van der Waals surface area contributed by atoms with Crippen LogP contribution in [0.3, 0.4) is 0 Å². The van der Waals surface area contributed by atoms with E-state index >= 15 is 0 Å². The van der Waals surface area contributed by atoms with E-state index in [1.165, 1.54) is 12.0 Å². The Bertz CT molecular complexity index is 238. The first-order chi connectivity index (χ1) is 6.20. The van der Waals surface area contributed by atoms with Crippen molar-refractivity contribution >= 4 is 12.1 Å². The number of hydrogen-bond donors (Lipinski definition) is 0. The van der Waals surface area contributed by atoms with Gasteiger partial charge in [0.1, 0.15) is 6.04 Å². The summed E-state index contributed by atoms with van der Waals surface area (Å²) in [5, 5.41) is 0. The lowest BCUT2D eigenvalue weighted by Crippen LogP contribution is -2.55. The summed E-state index contributed by atoms with van der Waals surface area (Å²) in [4.78, 5) is 23.4. The van der Waals surface area contributed by atoms with Crippen LogP contribution in [0.15, 0.2) is 12.8 Å². The van der Waals surface area contributed by atoms with E-state index in [-0.39, 0.29) is 0 Å². The Morgan fingerprint density at radius 3 is 2.69 bits per heavy atom. The molecule has 13 heavy (non-hydrogen) atoms. The number of nitrogens with zero attached hydrogens (tertiary/aromatic N) is 1. The van der Waals surface area contributed by atoms with Crippen LogP contribution in [0.25, 0.3) is 0 Å². The molecular formula is C8H11NO4. The Hall–Kier alpha value is -1.52. The van der Waals surface area contributed by atoms with E-state index in [0.29, 0.717) is 13.0 Å². The number of rotatable bonds is 2. The number of esters is 1. The number of likely N-dealkylation sites (tertiary alicyclic amines) is 1. The molecule has 1 aliphatic rings. The smallest absolute Gasteiger partial charge is 0.415 e. The zero-order chi connectivity index (χ0) is 9.84. The molecule has 1 amide bonds. The first-order valence-corrected chi connectivity index (χ1v) is 3.86. The Kier molecular flexibility index (Phi) is 2.89. The van der Waals surface area contributed by atoms with Gasteiger partial charge in [0.05, 0.1) is 13.4 Å². The van der Waals surface area contributed by atoms with Gasteiger partial charge in [-0.05, 0) is 6.42 Å². The van der Waals surface area contributed by atoms with Crippen molar-refractivity contribution < 1.29 is 19.1 Å². The molecule has 0 spiro atoms. The second kappa shape index (κ2) is 3.93. The Labute approximate surface area is 75.9 Å². The molecule has 0 saturated carbocycles. The standard InChI is InChI=1S/C8H11NO4/c1-3-13-8(11)9-5-4-6(9)7(10)12-2/h3,6H,1,4-5H2,2H3. The van der Waals surface area contributed by atoms with Gasteiger partial charge in [0, 0.05) is 6.54 Å². The Morgan fingerprint density at radius 1 is 1.62 bits per heavy atom. The van der Waals surface area contributed by atoms with Crippen molar-refractivity contribution in [2.24, 2.45) is 0 Å². The molecule has 0 aromatic carbocycles. The summed E-state index contributed by atoms with van der Waals surface area (Å²) in [6.45, 7) is 3.77. The lowest BCUT2D eigenvalue weighted by molar-refractivity contribution is -0.150. The van der Waals surface area contributed by atoms with Gasteiger partial charge in [-0.15, -0.1) is 0 Å². The number of amides is 1. The van der Waals surface area contributed by atoms with Crippen molar-refractivity contribution in [3.8, 4) is 0 Å². The third kappa shape index (κ3) is 1.80. The summed E-state index contributed by atoms with van der Waals surface area (Å²) in [5.74, 6) is -0.410. The summed E-state index contributed by atoms with van der Waals surface area (Å²) in [6.07, 6.45) is 1.10. The highest BCUT2D eigenvalue weighted by Crippen LogP contribution is 2.19. The van der Waals surface area contributed by atoms with E-state index in [0.717, 1.165) is 6.26 Å². The van der Waals surface area contributed by atoms with E-state index in [1.54, 1.807) is 0 Å². The van der Waals surface area contributed by atoms with Crippen molar-refractivity contribution in [2.75, 3.05) is 13.7 Å². The second-order valence-corrected chi connectivity index (χ2v) is 2.57. The fourth-order valence-electron chi connectivity index (χ4n) is 1.13. The first-order valence-electron chi connectivity index (χ1n) is 3.86. The average molecular weight is 185 g/mol. The third-order valence-electron chi connectivity index (χ3n) is 1.91. The van der Waals surface area contributed by atoms with Crippen molar-refractivity contribution in [3.63, 3.8) is 0 Å². The van der Waals surface area contributed by atoms with Crippen molar-refractivity contribution in [3.05, 3.63) is 12.8 Å². The lowest BCUT2D eigenvalue weighted by Gasteiger charge is -2.37. The number of methoxy groups -OCH3 is 1. The van der Waals surface area contributed by atoms with Crippen molar-refractivity contribution in [1.29, 1.82) is 0 Å². The van der Waals surface area contributed by atoms with Crippen LogP contribution in [0.4, 0.5) is 4.79 Å². The van der Waals surface area contributed by atoms with Crippen LogP contribution in [0, 0.1) is 0 Å². The molecule has 72 valence electrons. The van der Waals surface area contributed by atoms with Gasteiger partial charge in [0.2, 0.25) is 0 Å². The van der Waals surface area contributed by atoms with Gasteiger partial charge >= 0.3 is 12.1 Å². The maximum Gasteiger partial charge on any atom is 0.415 e. The minimum atomic E-state index is -0.559. The Balaban J connectivity index is 2.48. The predicted molar refractivity (Wildman–Crippen MR) is 43.8 cm³/mol. The summed E-state index contributed by atoms with van der Waals surface area (Å²) in [5.41, 5.74) is 0. The van der Waals surface area contributed by atoms with E-state index in [2.05, 4.69) is 16.1 Å². The number of ether oxygens (including phenoxy) is 2. The number of hydrogen-bond acceptors (Lipinski definition) is 4. The van der Waals surface area contributed by atoms with Crippen LogP contribution < -0.4 is 0 Å². The van der Waals surface area contributed by atoms with Gasteiger partial charge in [0.25, 0.3) is 0 Å². The largest absolute Gasteiger partial charge is 0.467 e. The molecule has 0 aliphatic carbocycles. The van der Waals surface area contributed by atoms with Gasteiger partial charge in [-0.3, -0.25) is 4.90 Å². The second-order valence-electron chi connectivity index (χ2n) is 2.57. The summed E-state index contributed by atoms with van der Waals surface area (Å²) in [7, 11) is 1.29. The molecular weight excluding hydrogens is 174 g/mol. The molecule has 1 saturated heterocycles. The lowest BCUT2D eigenvalue weighted by atomic mass is 10.1. The zero-order valence-electron chi connectivity index (χ0n) is 7.36. The molecule has 1 fully saturated rings. The minimum Gasteiger partial charge on any atom is -0.467 e. The highest BCUT2D eigenvalue weighted by atomic mass is 16.6. The summed E-state index contributed by atoms with van der Waals surface area (Å²) in [6, 6.07) is -0.488. The molecule has 1 heterocycles. The van der Waals surface area contributed by atoms with Crippen molar-refractivity contribution in [2.45, 2.75) is 12.5 Å². The van der Waals surface area contributed by atoms with E-state index in [4.69, 9.17) is 0 Å². The van der Waals surface area contributed by atoms with Crippen LogP contribution in [0.5, 0.6) is 0 Å². The molecule has 5 heteroatoms. The quantitative estimate of drug-likeness (QED) is 0.464. The average Bonchev–Trinajstić information content (AvgIpc) is 2.02. The maximum absolute atomic E-state index is 11.1. The molecule has 1 aliphatic heterocycles. The monoisotopic (exact) mass is 185 g/mol. The first kappa shape index (κ1) is 9.57. The fraction of sp³-hybridized carbons (Fsp3) is 0.500. The Morgan fingerprint density at radius 2 is 2.31 bits per heavy atom. The van der Waals surface area contributed by atoms with Crippen LogP contribution in [0.2, 0.25) is 0 Å². The molecule has 0 radical (unpaired) electrons. The van der Waals surface area contributed by atoms with E-state index in [9.17, 15) is 9.59 Å². The SMILES string of the molecule is C=COC(=O)N1CCC1C(=O)OC. The van der Waals surface area contributed by atoms with Gasteiger partial charge < -0.3 is 9.47 Å². The molecule has 1 rings (SSSR count). The van der Waals surface area contributed by atoms with Gasteiger partial charge in [-0.1, -0.05) is 6.58 Å². The van der Waals surface area contributed by atoms with Gasteiger partial charge in [0.15, 0.2) is 0 Å². The van der Waals surface area contributed by atoms with Crippen LogP contribution >= 0.6 is 0 Å². The minimum absolute atomic E-state index is 0.410. The summed E-state index contributed by atoms with van der Waals surface area (Å²) < 4.78 is 9.01. The van der Waals surface area contributed by atoms with Crippen LogP contribution in [-0.2, 0) is 14.3 Å². The molecule has 0 bridgehead atoms. The predicted octanol–water partition coefficient (Wildman–Crippen LogP) is 0.514. The van der Waals surface area contributed by atoms with Crippen LogP contribution in [-0.4, -0.2) is 36.7 Å². The molecule has 0 aromatic rings. The molecule has 5 nitrogen and oxygen atoms in total. The van der Waals surface area contributed by atoms with Crippen LogP contribution in [0.1, 0.15) is 6.42 Å². The highest BCUT2D eigenvalue weighted by Gasteiger charge is 2.39. The molecule has 0 N–H and O–H groups in total. The normalized spacial score (nSPS) is 20.1. The number of carbonyl (C=O) groups excluding carboxylic acids is 2. The van der Waals surface area contributed by atoms with E-state index < -0.39 is 18.1 Å². The highest BCUT2D eigenvalue weighted by molar-refractivity contribution is 5.83. The van der Waals surface area contributed by atoms with Gasteiger partial charge in [-0.2, -0.15) is 0 Å². The topological polar surface area (TPSA) is 55.8 Å². The third-order valence-corrected chi connectivity index (χ3v) is 1.91. The van der Waals surface area contributed by atoms with Gasteiger partial charge in [-0.25, -0.2) is 9.59 Å².